The highest BCUT2D eigenvalue weighted by Crippen LogP contribution is 2.45. The summed E-state index contributed by atoms with van der Waals surface area (Å²) in [7, 11) is 0. The first kappa shape index (κ1) is 31.0. The first-order chi connectivity index (χ1) is 27.8. The predicted molar refractivity (Wildman–Crippen MR) is 238 cm³/mol. The van der Waals surface area contributed by atoms with E-state index in [-0.39, 0.29) is 0 Å². The van der Waals surface area contributed by atoms with Crippen LogP contribution < -0.4 is 0 Å². The molecule has 56 heavy (non-hydrogen) atoms. The lowest BCUT2D eigenvalue weighted by atomic mass is 9.87. The third-order valence-electron chi connectivity index (χ3n) is 11.8. The molecule has 0 aliphatic heterocycles. The van der Waals surface area contributed by atoms with Crippen molar-refractivity contribution in [3.05, 3.63) is 194 Å². The van der Waals surface area contributed by atoms with Gasteiger partial charge in [0.25, 0.3) is 0 Å². The Morgan fingerprint density at radius 1 is 0.250 bits per heavy atom. The van der Waals surface area contributed by atoms with Gasteiger partial charge >= 0.3 is 0 Å². The molecule has 11 aromatic carbocycles. The van der Waals surface area contributed by atoms with E-state index in [4.69, 9.17) is 9.97 Å². The van der Waals surface area contributed by atoms with E-state index in [9.17, 15) is 0 Å². The van der Waals surface area contributed by atoms with E-state index in [0.717, 1.165) is 33.6 Å². The van der Waals surface area contributed by atoms with E-state index in [2.05, 4.69) is 188 Å². The smallest absolute Gasteiger partial charge is 0.160 e. The Balaban J connectivity index is 1.20. The molecule has 258 valence electrons. The molecule has 0 aliphatic rings. The summed E-state index contributed by atoms with van der Waals surface area (Å²) < 4.78 is 0. The molecule has 0 amide bonds. The van der Waals surface area contributed by atoms with Crippen LogP contribution in [-0.2, 0) is 0 Å². The zero-order chi connectivity index (χ0) is 36.7. The highest BCUT2D eigenvalue weighted by Gasteiger charge is 2.19. The van der Waals surface area contributed by atoms with Crippen LogP contribution in [0.5, 0.6) is 0 Å². The third-order valence-corrected chi connectivity index (χ3v) is 11.8. The second kappa shape index (κ2) is 12.0. The zero-order valence-corrected chi connectivity index (χ0v) is 30.4. The lowest BCUT2D eigenvalue weighted by Gasteiger charge is -2.17. The average molecular weight is 709 g/mol. The summed E-state index contributed by atoms with van der Waals surface area (Å²) in [4.78, 5) is 10.7. The molecule has 12 aromatic rings. The minimum Gasteiger partial charge on any atom is -0.228 e. The second-order valence-corrected chi connectivity index (χ2v) is 14.9. The normalized spacial score (nSPS) is 11.9. The molecule has 2 heteroatoms. The van der Waals surface area contributed by atoms with Crippen molar-refractivity contribution in [2.75, 3.05) is 0 Å². The molecular weight excluding hydrogens is 677 g/mol. The summed E-state index contributed by atoms with van der Waals surface area (Å²) in [6.45, 7) is 0. The fourth-order valence-corrected chi connectivity index (χ4v) is 9.28. The lowest BCUT2D eigenvalue weighted by Crippen LogP contribution is -1.97. The van der Waals surface area contributed by atoms with Crippen LogP contribution in [-0.4, -0.2) is 9.97 Å². The van der Waals surface area contributed by atoms with Gasteiger partial charge < -0.3 is 0 Å². The van der Waals surface area contributed by atoms with Gasteiger partial charge in [0, 0.05) is 16.7 Å². The highest BCUT2D eigenvalue weighted by molar-refractivity contribution is 6.37. The van der Waals surface area contributed by atoms with Gasteiger partial charge in [-0.1, -0.05) is 176 Å². The Bertz CT molecular complexity index is 3520. The highest BCUT2D eigenvalue weighted by atomic mass is 14.9. The van der Waals surface area contributed by atoms with E-state index in [1.54, 1.807) is 0 Å². The topological polar surface area (TPSA) is 25.8 Å². The first-order valence-electron chi connectivity index (χ1n) is 19.2. The molecule has 0 radical (unpaired) electrons. The number of fused-ring (bicyclic) bond motifs is 3. The lowest BCUT2D eigenvalue weighted by molar-refractivity contribution is 1.18. The molecule has 0 N–H and O–H groups in total. The fourth-order valence-electron chi connectivity index (χ4n) is 9.28. The molecule has 12 rings (SSSR count). The minimum absolute atomic E-state index is 0.704. The van der Waals surface area contributed by atoms with Gasteiger partial charge in [-0.15, -0.1) is 0 Å². The average Bonchev–Trinajstić information content (AvgIpc) is 3.27. The van der Waals surface area contributed by atoms with Crippen molar-refractivity contribution in [2.45, 2.75) is 0 Å². The minimum atomic E-state index is 0.704. The Morgan fingerprint density at radius 2 is 0.732 bits per heavy atom. The van der Waals surface area contributed by atoms with Gasteiger partial charge in [-0.05, 0) is 105 Å². The van der Waals surface area contributed by atoms with Crippen LogP contribution in [0.4, 0.5) is 0 Å². The molecule has 0 aliphatic carbocycles. The van der Waals surface area contributed by atoms with E-state index >= 15 is 0 Å². The van der Waals surface area contributed by atoms with Crippen LogP contribution in [0.2, 0.25) is 0 Å². The zero-order valence-electron chi connectivity index (χ0n) is 30.4. The molecule has 1 heterocycles. The molecule has 0 saturated carbocycles. The molecule has 0 saturated heterocycles. The number of hydrogen-bond acceptors (Lipinski definition) is 2. The van der Waals surface area contributed by atoms with E-state index < -0.39 is 0 Å². The SMILES string of the molecule is c1ccc(-c2nc(-c3cc4ccc5cccc6c7cccc8ccc9cccc(c(c3)c4c56)c9c87)cc(-c3ccccc3-c3cccc4ccccc34)n2)cc1. The maximum Gasteiger partial charge on any atom is 0.160 e. The van der Waals surface area contributed by atoms with Crippen LogP contribution >= 0.6 is 0 Å². The van der Waals surface area contributed by atoms with Crippen molar-refractivity contribution in [3.8, 4) is 45.0 Å². The maximum atomic E-state index is 5.37. The molecule has 0 atom stereocenters. The van der Waals surface area contributed by atoms with Crippen LogP contribution in [0.3, 0.4) is 0 Å². The molecular formula is C54H32N2. The maximum absolute atomic E-state index is 5.37. The predicted octanol–water partition coefficient (Wildman–Crippen LogP) is 14.7. The molecule has 1 aromatic heterocycles. The summed E-state index contributed by atoms with van der Waals surface area (Å²) in [6.07, 6.45) is 0. The number of nitrogens with zero attached hydrogens (tertiary/aromatic N) is 2. The summed E-state index contributed by atoms with van der Waals surface area (Å²) in [5.74, 6) is 0.704. The van der Waals surface area contributed by atoms with Crippen LogP contribution in [0.25, 0.3) is 120 Å². The van der Waals surface area contributed by atoms with Crippen LogP contribution in [0.15, 0.2) is 194 Å². The van der Waals surface area contributed by atoms with Gasteiger partial charge in [0.15, 0.2) is 5.82 Å². The second-order valence-electron chi connectivity index (χ2n) is 14.9. The van der Waals surface area contributed by atoms with Crippen LogP contribution in [0, 0.1) is 0 Å². The Morgan fingerprint density at radius 3 is 1.45 bits per heavy atom. The van der Waals surface area contributed by atoms with Crippen molar-refractivity contribution in [2.24, 2.45) is 0 Å². The molecule has 0 bridgehead atoms. The molecule has 2 nitrogen and oxygen atoms in total. The van der Waals surface area contributed by atoms with Crippen molar-refractivity contribution in [1.29, 1.82) is 0 Å². The number of hydrogen-bond donors (Lipinski definition) is 0. The van der Waals surface area contributed by atoms with Gasteiger partial charge in [0.1, 0.15) is 0 Å². The standard InChI is InChI=1S/C54H32N2/c1-2-13-37(14-3-1)54-55-48(32-49(56-54)43-21-7-6-20-42(43)41-22-8-15-33-12-4-5-19-40(33)41)39-30-38-29-28-36-17-10-24-45-44-23-9-16-34-26-27-35-18-11-25-46(52(35)50(34)44)47(31-39)53(38)51(36)45/h1-32H. The Kier molecular flexibility index (Phi) is 6.66. The van der Waals surface area contributed by atoms with Gasteiger partial charge in [0.2, 0.25) is 0 Å². The van der Waals surface area contributed by atoms with E-state index in [1.165, 1.54) is 81.0 Å². The van der Waals surface area contributed by atoms with Crippen molar-refractivity contribution >= 4 is 75.4 Å². The van der Waals surface area contributed by atoms with Gasteiger partial charge in [-0.3, -0.25) is 0 Å². The van der Waals surface area contributed by atoms with Crippen molar-refractivity contribution < 1.29 is 0 Å². The molecule has 0 spiro atoms. The molecule has 0 fully saturated rings. The number of aromatic nitrogens is 2. The van der Waals surface area contributed by atoms with E-state index in [1.807, 2.05) is 6.07 Å². The molecule has 0 unspecified atom stereocenters. The summed E-state index contributed by atoms with van der Waals surface area (Å²) in [5, 5.41) is 17.6. The van der Waals surface area contributed by atoms with Crippen LogP contribution in [0.1, 0.15) is 0 Å². The van der Waals surface area contributed by atoms with E-state index in [0.29, 0.717) is 5.82 Å². The number of benzene rings is 10. The Hall–Kier alpha value is -7.42. The van der Waals surface area contributed by atoms with Gasteiger partial charge in [-0.2, -0.15) is 0 Å². The summed E-state index contributed by atoms with van der Waals surface area (Å²) in [6, 6.07) is 70.5. The fraction of sp³-hybridized carbons (Fsp3) is 0. The largest absolute Gasteiger partial charge is 0.228 e. The number of rotatable bonds is 4. The Labute approximate surface area is 323 Å². The van der Waals surface area contributed by atoms with Crippen molar-refractivity contribution in [1.82, 2.24) is 9.97 Å². The van der Waals surface area contributed by atoms with Crippen molar-refractivity contribution in [3.63, 3.8) is 0 Å². The van der Waals surface area contributed by atoms with Gasteiger partial charge in [-0.25, -0.2) is 9.97 Å². The quantitative estimate of drug-likeness (QED) is 0.170. The summed E-state index contributed by atoms with van der Waals surface area (Å²) in [5.41, 5.74) is 7.23. The first-order valence-corrected chi connectivity index (χ1v) is 19.2. The van der Waals surface area contributed by atoms with Gasteiger partial charge in [0.05, 0.1) is 11.4 Å². The third kappa shape index (κ3) is 4.63. The monoisotopic (exact) mass is 708 g/mol. The summed E-state index contributed by atoms with van der Waals surface area (Å²) >= 11 is 0.